The van der Waals surface area contributed by atoms with E-state index >= 15 is 0 Å². The topological polar surface area (TPSA) is 32.3 Å². The summed E-state index contributed by atoms with van der Waals surface area (Å²) in [6, 6.07) is 9.99. The summed E-state index contributed by atoms with van der Waals surface area (Å²) in [5.74, 6) is 1.02. The van der Waals surface area contributed by atoms with E-state index in [1.807, 2.05) is 30.5 Å². The maximum absolute atomic E-state index is 5.88. The van der Waals surface area contributed by atoms with Crippen molar-refractivity contribution in [1.29, 1.82) is 0 Å². The molecule has 3 rings (SSSR count). The van der Waals surface area contributed by atoms with Crippen molar-refractivity contribution >= 4 is 17.4 Å². The van der Waals surface area contributed by atoms with Gasteiger partial charge in [-0.1, -0.05) is 17.7 Å². The SMILES string of the molecule is Clc1ccc(N2CCN(CCc3ccccn3)CC2)nc1. The van der Waals surface area contributed by atoms with Gasteiger partial charge in [-0.25, -0.2) is 4.98 Å². The molecular formula is C16H19ClN4. The van der Waals surface area contributed by atoms with Gasteiger partial charge >= 0.3 is 0 Å². The van der Waals surface area contributed by atoms with E-state index in [-0.39, 0.29) is 0 Å². The van der Waals surface area contributed by atoms with E-state index in [1.54, 1.807) is 6.20 Å². The second kappa shape index (κ2) is 6.87. The zero-order chi connectivity index (χ0) is 14.5. The molecule has 5 heteroatoms. The molecule has 0 bridgehead atoms. The number of hydrogen-bond acceptors (Lipinski definition) is 4. The summed E-state index contributed by atoms with van der Waals surface area (Å²) < 4.78 is 0. The molecule has 2 aromatic rings. The zero-order valence-corrected chi connectivity index (χ0v) is 12.7. The third-order valence-electron chi connectivity index (χ3n) is 3.82. The van der Waals surface area contributed by atoms with Crippen LogP contribution in [0.25, 0.3) is 0 Å². The molecule has 0 saturated carbocycles. The van der Waals surface area contributed by atoms with Crippen LogP contribution in [0.4, 0.5) is 5.82 Å². The van der Waals surface area contributed by atoms with Gasteiger partial charge in [0.1, 0.15) is 5.82 Å². The molecule has 0 amide bonds. The van der Waals surface area contributed by atoms with E-state index in [4.69, 9.17) is 11.6 Å². The standard InChI is InChI=1S/C16H19ClN4/c17-14-4-5-16(19-13-14)21-11-9-20(10-12-21)8-6-15-3-1-2-7-18-15/h1-5,7,13H,6,8-12H2. The fourth-order valence-corrected chi connectivity index (χ4v) is 2.69. The lowest BCUT2D eigenvalue weighted by Crippen LogP contribution is -2.47. The predicted octanol–water partition coefficient (Wildman–Crippen LogP) is 2.49. The van der Waals surface area contributed by atoms with Crippen molar-refractivity contribution in [1.82, 2.24) is 14.9 Å². The fourth-order valence-electron chi connectivity index (χ4n) is 2.57. The first-order valence-electron chi connectivity index (χ1n) is 7.30. The average Bonchev–Trinajstić information content (AvgIpc) is 2.55. The smallest absolute Gasteiger partial charge is 0.128 e. The van der Waals surface area contributed by atoms with E-state index in [1.165, 1.54) is 5.69 Å². The van der Waals surface area contributed by atoms with Crippen LogP contribution in [0.1, 0.15) is 5.69 Å². The Hall–Kier alpha value is -1.65. The second-order valence-corrected chi connectivity index (χ2v) is 5.67. The summed E-state index contributed by atoms with van der Waals surface area (Å²) >= 11 is 5.88. The number of anilines is 1. The molecule has 0 atom stereocenters. The van der Waals surface area contributed by atoms with Crippen LogP contribution in [0.2, 0.25) is 5.02 Å². The van der Waals surface area contributed by atoms with Gasteiger partial charge in [0, 0.05) is 57.2 Å². The summed E-state index contributed by atoms with van der Waals surface area (Å²) in [7, 11) is 0. The summed E-state index contributed by atoms with van der Waals surface area (Å²) in [4.78, 5) is 13.6. The van der Waals surface area contributed by atoms with Gasteiger partial charge in [-0.15, -0.1) is 0 Å². The lowest BCUT2D eigenvalue weighted by Gasteiger charge is -2.35. The molecular weight excluding hydrogens is 284 g/mol. The molecule has 1 aliphatic rings. The van der Waals surface area contributed by atoms with Gasteiger partial charge in [0.05, 0.1) is 5.02 Å². The highest BCUT2D eigenvalue weighted by molar-refractivity contribution is 6.30. The third kappa shape index (κ3) is 3.93. The van der Waals surface area contributed by atoms with E-state index in [2.05, 4.69) is 25.8 Å². The van der Waals surface area contributed by atoms with E-state index < -0.39 is 0 Å². The number of hydrogen-bond donors (Lipinski definition) is 0. The van der Waals surface area contributed by atoms with Crippen LogP contribution in [0, 0.1) is 0 Å². The van der Waals surface area contributed by atoms with Gasteiger partial charge in [-0.3, -0.25) is 9.88 Å². The third-order valence-corrected chi connectivity index (χ3v) is 4.04. The van der Waals surface area contributed by atoms with Crippen molar-refractivity contribution in [2.45, 2.75) is 6.42 Å². The predicted molar refractivity (Wildman–Crippen MR) is 85.8 cm³/mol. The minimum atomic E-state index is 0.688. The van der Waals surface area contributed by atoms with E-state index in [0.717, 1.165) is 45.0 Å². The van der Waals surface area contributed by atoms with Crippen LogP contribution < -0.4 is 4.90 Å². The first-order chi connectivity index (χ1) is 10.3. The Morgan fingerprint density at radius 2 is 1.86 bits per heavy atom. The summed E-state index contributed by atoms with van der Waals surface area (Å²) in [5.41, 5.74) is 1.17. The molecule has 1 fully saturated rings. The van der Waals surface area contributed by atoms with Crippen LogP contribution in [0.15, 0.2) is 42.7 Å². The lowest BCUT2D eigenvalue weighted by molar-refractivity contribution is 0.259. The molecule has 4 nitrogen and oxygen atoms in total. The number of pyridine rings is 2. The molecule has 0 aliphatic carbocycles. The highest BCUT2D eigenvalue weighted by atomic mass is 35.5. The quantitative estimate of drug-likeness (QED) is 0.868. The maximum Gasteiger partial charge on any atom is 0.128 e. The highest BCUT2D eigenvalue weighted by Gasteiger charge is 2.17. The van der Waals surface area contributed by atoms with Crippen LogP contribution in [-0.2, 0) is 6.42 Å². The van der Waals surface area contributed by atoms with E-state index in [0.29, 0.717) is 5.02 Å². The fraction of sp³-hybridized carbons (Fsp3) is 0.375. The number of piperazine rings is 1. The van der Waals surface area contributed by atoms with Gasteiger partial charge in [0.15, 0.2) is 0 Å². The van der Waals surface area contributed by atoms with Gasteiger partial charge < -0.3 is 4.90 Å². The Morgan fingerprint density at radius 3 is 2.52 bits per heavy atom. The van der Waals surface area contributed by atoms with Crippen molar-refractivity contribution in [3.8, 4) is 0 Å². The molecule has 0 N–H and O–H groups in total. The van der Waals surface area contributed by atoms with Gasteiger partial charge in [0.25, 0.3) is 0 Å². The molecule has 0 radical (unpaired) electrons. The molecule has 0 spiro atoms. The molecule has 0 unspecified atom stereocenters. The lowest BCUT2D eigenvalue weighted by atomic mass is 10.2. The molecule has 2 aromatic heterocycles. The summed E-state index contributed by atoms with van der Waals surface area (Å²) in [6.45, 7) is 5.22. The van der Waals surface area contributed by atoms with Crippen molar-refractivity contribution in [2.24, 2.45) is 0 Å². The van der Waals surface area contributed by atoms with Gasteiger partial charge in [0.2, 0.25) is 0 Å². The second-order valence-electron chi connectivity index (χ2n) is 5.23. The molecule has 3 heterocycles. The number of rotatable bonds is 4. The van der Waals surface area contributed by atoms with Gasteiger partial charge in [-0.05, 0) is 24.3 Å². The van der Waals surface area contributed by atoms with Gasteiger partial charge in [-0.2, -0.15) is 0 Å². The Bertz CT molecular complexity index is 550. The Kier molecular flexibility index (Phi) is 4.68. The molecule has 1 saturated heterocycles. The number of aromatic nitrogens is 2. The Morgan fingerprint density at radius 1 is 1.00 bits per heavy atom. The van der Waals surface area contributed by atoms with E-state index in [9.17, 15) is 0 Å². The minimum absolute atomic E-state index is 0.688. The summed E-state index contributed by atoms with van der Waals surface area (Å²) in [6.07, 6.45) is 4.59. The van der Waals surface area contributed by atoms with Crippen molar-refractivity contribution in [3.63, 3.8) is 0 Å². The van der Waals surface area contributed by atoms with Crippen molar-refractivity contribution in [2.75, 3.05) is 37.6 Å². The normalized spacial score (nSPS) is 16.1. The van der Waals surface area contributed by atoms with Crippen LogP contribution in [0.3, 0.4) is 0 Å². The largest absolute Gasteiger partial charge is 0.354 e. The molecule has 1 aliphatic heterocycles. The molecule has 110 valence electrons. The number of nitrogens with zero attached hydrogens (tertiary/aromatic N) is 4. The molecule has 21 heavy (non-hydrogen) atoms. The average molecular weight is 303 g/mol. The zero-order valence-electron chi connectivity index (χ0n) is 12.0. The number of halogens is 1. The first kappa shape index (κ1) is 14.3. The first-order valence-corrected chi connectivity index (χ1v) is 7.68. The van der Waals surface area contributed by atoms with Crippen molar-refractivity contribution < 1.29 is 0 Å². The van der Waals surface area contributed by atoms with Crippen LogP contribution in [-0.4, -0.2) is 47.6 Å². The molecule has 0 aromatic carbocycles. The van der Waals surface area contributed by atoms with Crippen LogP contribution >= 0.6 is 11.6 Å². The monoisotopic (exact) mass is 302 g/mol. The summed E-state index contributed by atoms with van der Waals surface area (Å²) in [5, 5.41) is 0.688. The maximum atomic E-state index is 5.88. The highest BCUT2D eigenvalue weighted by Crippen LogP contribution is 2.16. The Balaban J connectivity index is 1.48. The Labute approximate surface area is 130 Å². The van der Waals surface area contributed by atoms with Crippen molar-refractivity contribution in [3.05, 3.63) is 53.4 Å². The minimum Gasteiger partial charge on any atom is -0.354 e. The van der Waals surface area contributed by atoms with Crippen LogP contribution in [0.5, 0.6) is 0 Å².